The molecule has 0 bridgehead atoms. The highest BCUT2D eigenvalue weighted by Crippen LogP contribution is 2.10. The molecule has 0 unspecified atom stereocenters. The minimum absolute atomic E-state index is 0.675. The van der Waals surface area contributed by atoms with E-state index in [1.54, 1.807) is 0 Å². The van der Waals surface area contributed by atoms with Gasteiger partial charge in [-0.05, 0) is 18.1 Å². The second kappa shape index (κ2) is 7.82. The lowest BCUT2D eigenvalue weighted by molar-refractivity contribution is 0.255. The predicted molar refractivity (Wildman–Crippen MR) is 82.1 cm³/mol. The zero-order valence-electron chi connectivity index (χ0n) is 12.2. The largest absolute Gasteiger partial charge is 0.329 e. The summed E-state index contributed by atoms with van der Waals surface area (Å²) in [6.07, 6.45) is 2.98. The summed E-state index contributed by atoms with van der Waals surface area (Å²) in [4.78, 5) is 2.37. The number of nitrogens with two attached hydrogens (primary N) is 1. The summed E-state index contributed by atoms with van der Waals surface area (Å²) < 4.78 is 2.09. The molecule has 1 heterocycles. The summed E-state index contributed by atoms with van der Waals surface area (Å²) in [6.45, 7) is 6.54. The Balaban J connectivity index is 2.03. The van der Waals surface area contributed by atoms with Gasteiger partial charge in [-0.1, -0.05) is 37.3 Å². The number of hydrogen-bond acceptors (Lipinski definition) is 3. The van der Waals surface area contributed by atoms with Gasteiger partial charge >= 0.3 is 0 Å². The second-order valence-corrected chi connectivity index (χ2v) is 5.03. The van der Waals surface area contributed by atoms with E-state index in [4.69, 9.17) is 5.73 Å². The van der Waals surface area contributed by atoms with Crippen LogP contribution in [0.5, 0.6) is 0 Å². The fraction of sp³-hybridized carbons (Fsp3) is 0.438. The Hall–Kier alpha value is -1.65. The smallest absolute Gasteiger partial charge is 0.0524 e. The van der Waals surface area contributed by atoms with Gasteiger partial charge in [-0.3, -0.25) is 9.58 Å². The van der Waals surface area contributed by atoms with Gasteiger partial charge in [0.15, 0.2) is 0 Å². The SMILES string of the molecule is CCCn1nccc1CN(CCN)Cc1ccccc1. The van der Waals surface area contributed by atoms with E-state index in [0.717, 1.165) is 32.6 Å². The molecule has 4 heteroatoms. The van der Waals surface area contributed by atoms with E-state index in [2.05, 4.69) is 51.9 Å². The van der Waals surface area contributed by atoms with Crippen LogP contribution < -0.4 is 5.73 Å². The molecular formula is C16H24N4. The van der Waals surface area contributed by atoms with Crippen LogP contribution >= 0.6 is 0 Å². The molecule has 2 rings (SSSR count). The number of aryl methyl sites for hydroxylation is 1. The van der Waals surface area contributed by atoms with Gasteiger partial charge in [0, 0.05) is 38.9 Å². The van der Waals surface area contributed by atoms with Gasteiger partial charge in [-0.2, -0.15) is 5.10 Å². The summed E-state index contributed by atoms with van der Waals surface area (Å²) in [5, 5.41) is 4.38. The van der Waals surface area contributed by atoms with Crippen molar-refractivity contribution in [2.45, 2.75) is 33.0 Å². The van der Waals surface area contributed by atoms with Crippen molar-refractivity contribution in [1.82, 2.24) is 14.7 Å². The zero-order chi connectivity index (χ0) is 14.2. The number of hydrogen-bond donors (Lipinski definition) is 1. The van der Waals surface area contributed by atoms with Crippen molar-refractivity contribution in [2.24, 2.45) is 5.73 Å². The molecule has 0 radical (unpaired) electrons. The Bertz CT molecular complexity index is 492. The lowest BCUT2D eigenvalue weighted by atomic mass is 10.2. The molecule has 1 aromatic heterocycles. The molecule has 0 aliphatic rings. The second-order valence-electron chi connectivity index (χ2n) is 5.03. The number of benzene rings is 1. The summed E-state index contributed by atoms with van der Waals surface area (Å²) >= 11 is 0. The summed E-state index contributed by atoms with van der Waals surface area (Å²) in [7, 11) is 0. The maximum atomic E-state index is 5.74. The topological polar surface area (TPSA) is 47.1 Å². The maximum absolute atomic E-state index is 5.74. The molecule has 2 aromatic rings. The van der Waals surface area contributed by atoms with Gasteiger partial charge in [-0.15, -0.1) is 0 Å². The normalized spacial score (nSPS) is 11.2. The van der Waals surface area contributed by atoms with E-state index in [9.17, 15) is 0 Å². The van der Waals surface area contributed by atoms with Gasteiger partial charge in [0.25, 0.3) is 0 Å². The summed E-state index contributed by atoms with van der Waals surface area (Å²) in [6, 6.07) is 12.6. The monoisotopic (exact) mass is 272 g/mol. The van der Waals surface area contributed by atoms with E-state index < -0.39 is 0 Å². The number of aromatic nitrogens is 2. The first-order valence-electron chi connectivity index (χ1n) is 7.30. The molecule has 0 aliphatic heterocycles. The van der Waals surface area contributed by atoms with Crippen LogP contribution in [0.3, 0.4) is 0 Å². The third-order valence-corrected chi connectivity index (χ3v) is 3.32. The van der Waals surface area contributed by atoms with Crippen molar-refractivity contribution in [3.8, 4) is 0 Å². The van der Waals surface area contributed by atoms with Crippen LogP contribution in [0.2, 0.25) is 0 Å². The predicted octanol–water partition coefficient (Wildman–Crippen LogP) is 2.25. The van der Waals surface area contributed by atoms with Gasteiger partial charge in [0.1, 0.15) is 0 Å². The molecule has 1 aromatic carbocycles. The molecular weight excluding hydrogens is 248 g/mol. The molecule has 108 valence electrons. The van der Waals surface area contributed by atoms with Crippen molar-refractivity contribution in [1.29, 1.82) is 0 Å². The van der Waals surface area contributed by atoms with E-state index in [0.29, 0.717) is 6.54 Å². The number of rotatable bonds is 8. The van der Waals surface area contributed by atoms with E-state index >= 15 is 0 Å². The van der Waals surface area contributed by atoms with Crippen LogP contribution in [0.25, 0.3) is 0 Å². The maximum Gasteiger partial charge on any atom is 0.0524 e. The quantitative estimate of drug-likeness (QED) is 0.802. The Kier molecular flexibility index (Phi) is 5.77. The first-order valence-corrected chi connectivity index (χ1v) is 7.30. The van der Waals surface area contributed by atoms with Crippen molar-refractivity contribution < 1.29 is 0 Å². The molecule has 0 amide bonds. The molecule has 0 saturated heterocycles. The molecule has 2 N–H and O–H groups in total. The third kappa shape index (κ3) is 4.18. The van der Waals surface area contributed by atoms with Gasteiger partial charge < -0.3 is 5.73 Å². The lowest BCUT2D eigenvalue weighted by Crippen LogP contribution is -2.29. The fourth-order valence-corrected chi connectivity index (χ4v) is 2.37. The fourth-order valence-electron chi connectivity index (χ4n) is 2.37. The molecule has 0 atom stereocenters. The highest BCUT2D eigenvalue weighted by atomic mass is 15.3. The average Bonchev–Trinajstić information content (AvgIpc) is 2.88. The van der Waals surface area contributed by atoms with Gasteiger partial charge in [0.05, 0.1) is 5.69 Å². The van der Waals surface area contributed by atoms with Crippen molar-refractivity contribution in [2.75, 3.05) is 13.1 Å². The Morgan fingerprint density at radius 3 is 2.65 bits per heavy atom. The Morgan fingerprint density at radius 1 is 1.15 bits per heavy atom. The first-order chi connectivity index (χ1) is 9.83. The highest BCUT2D eigenvalue weighted by molar-refractivity contribution is 5.14. The highest BCUT2D eigenvalue weighted by Gasteiger charge is 2.09. The van der Waals surface area contributed by atoms with Crippen LogP contribution in [-0.4, -0.2) is 27.8 Å². The van der Waals surface area contributed by atoms with Crippen LogP contribution in [0, 0.1) is 0 Å². The van der Waals surface area contributed by atoms with E-state index in [1.165, 1.54) is 11.3 Å². The van der Waals surface area contributed by atoms with Crippen LogP contribution in [-0.2, 0) is 19.6 Å². The molecule has 4 nitrogen and oxygen atoms in total. The molecule has 0 fully saturated rings. The lowest BCUT2D eigenvalue weighted by Gasteiger charge is -2.22. The molecule has 0 aliphatic carbocycles. The summed E-state index contributed by atoms with van der Waals surface area (Å²) in [5.74, 6) is 0. The molecule has 0 spiro atoms. The zero-order valence-corrected chi connectivity index (χ0v) is 12.2. The van der Waals surface area contributed by atoms with Crippen molar-refractivity contribution in [3.05, 3.63) is 53.9 Å². The number of nitrogens with zero attached hydrogens (tertiary/aromatic N) is 3. The van der Waals surface area contributed by atoms with Crippen molar-refractivity contribution >= 4 is 0 Å². The van der Waals surface area contributed by atoms with Crippen LogP contribution in [0.4, 0.5) is 0 Å². The average molecular weight is 272 g/mol. The summed E-state index contributed by atoms with van der Waals surface area (Å²) in [5.41, 5.74) is 8.33. The first kappa shape index (κ1) is 14.8. The Morgan fingerprint density at radius 2 is 1.95 bits per heavy atom. The molecule has 0 saturated carbocycles. The minimum atomic E-state index is 0.675. The van der Waals surface area contributed by atoms with Gasteiger partial charge in [-0.25, -0.2) is 0 Å². The van der Waals surface area contributed by atoms with Crippen LogP contribution in [0.15, 0.2) is 42.6 Å². The van der Waals surface area contributed by atoms with Crippen molar-refractivity contribution in [3.63, 3.8) is 0 Å². The minimum Gasteiger partial charge on any atom is -0.329 e. The van der Waals surface area contributed by atoms with Gasteiger partial charge in [0.2, 0.25) is 0 Å². The Labute approximate surface area is 121 Å². The standard InChI is InChI=1S/C16H24N4/c1-2-11-20-16(8-10-18-20)14-19(12-9-17)13-15-6-4-3-5-7-15/h3-8,10H,2,9,11-14,17H2,1H3. The third-order valence-electron chi connectivity index (χ3n) is 3.32. The van der Waals surface area contributed by atoms with E-state index in [-0.39, 0.29) is 0 Å². The van der Waals surface area contributed by atoms with E-state index in [1.807, 2.05) is 12.3 Å². The molecule has 20 heavy (non-hydrogen) atoms. The van der Waals surface area contributed by atoms with Crippen LogP contribution in [0.1, 0.15) is 24.6 Å².